The molecule has 0 fully saturated rings. The predicted molar refractivity (Wildman–Crippen MR) is 132 cm³/mol. The van der Waals surface area contributed by atoms with Crippen molar-refractivity contribution in [3.8, 4) is 33.8 Å². The fraction of sp³-hybridized carbons (Fsp3) is 0. The SMILES string of the molecule is Nc1cc(-c2ccc(O)cc2)c(N)c2c1C(=O)c1c(N)cc(-c3ccc(O)cc3)c(N)c1C2=O. The molecule has 4 aromatic carbocycles. The van der Waals surface area contributed by atoms with E-state index in [2.05, 4.69) is 0 Å². The molecule has 0 spiro atoms. The van der Waals surface area contributed by atoms with Gasteiger partial charge in [0.15, 0.2) is 11.6 Å². The summed E-state index contributed by atoms with van der Waals surface area (Å²) in [6.07, 6.45) is 0. The van der Waals surface area contributed by atoms with Crippen LogP contribution in [0.15, 0.2) is 60.7 Å². The molecule has 1 aliphatic carbocycles. The molecular formula is C26H20N4O4. The number of nitrogen functional groups attached to an aromatic ring is 4. The first-order chi connectivity index (χ1) is 16.2. The highest BCUT2D eigenvalue weighted by Crippen LogP contribution is 2.45. The predicted octanol–water partition coefficient (Wildman–Crippen LogP) is 3.54. The molecule has 8 heteroatoms. The summed E-state index contributed by atoms with van der Waals surface area (Å²) in [5.41, 5.74) is 27.6. The van der Waals surface area contributed by atoms with Gasteiger partial charge in [0.25, 0.3) is 0 Å². The molecule has 0 saturated carbocycles. The number of rotatable bonds is 2. The van der Waals surface area contributed by atoms with Gasteiger partial charge in [0.1, 0.15) is 11.5 Å². The van der Waals surface area contributed by atoms with Gasteiger partial charge in [0.2, 0.25) is 0 Å². The van der Waals surface area contributed by atoms with Gasteiger partial charge in [-0.2, -0.15) is 0 Å². The molecule has 168 valence electrons. The number of fused-ring (bicyclic) bond motifs is 2. The molecule has 5 rings (SSSR count). The highest BCUT2D eigenvalue weighted by molar-refractivity contribution is 6.36. The number of carbonyl (C=O) groups excluding carboxylic acids is 2. The van der Waals surface area contributed by atoms with Crippen molar-refractivity contribution in [2.75, 3.05) is 22.9 Å². The molecule has 0 bridgehead atoms. The molecule has 0 atom stereocenters. The number of ketones is 2. The van der Waals surface area contributed by atoms with Crippen LogP contribution in [0.4, 0.5) is 22.7 Å². The number of carbonyl (C=O) groups is 2. The lowest BCUT2D eigenvalue weighted by molar-refractivity contribution is 0.0981. The van der Waals surface area contributed by atoms with Gasteiger partial charge in [-0.3, -0.25) is 9.59 Å². The second-order valence-electron chi connectivity index (χ2n) is 8.11. The third-order valence-corrected chi connectivity index (χ3v) is 6.06. The Kier molecular flexibility index (Phi) is 4.47. The van der Waals surface area contributed by atoms with E-state index in [9.17, 15) is 19.8 Å². The second kappa shape index (κ2) is 7.28. The molecule has 10 N–H and O–H groups in total. The van der Waals surface area contributed by atoms with E-state index in [1.807, 2.05) is 0 Å². The van der Waals surface area contributed by atoms with Gasteiger partial charge in [-0.25, -0.2) is 0 Å². The van der Waals surface area contributed by atoms with Gasteiger partial charge >= 0.3 is 0 Å². The maximum atomic E-state index is 13.8. The molecule has 4 aromatic rings. The third-order valence-electron chi connectivity index (χ3n) is 6.06. The van der Waals surface area contributed by atoms with Crippen LogP contribution in [0.3, 0.4) is 0 Å². The monoisotopic (exact) mass is 452 g/mol. The molecule has 0 aliphatic heterocycles. The standard InChI is InChI=1S/C26H20N4O4/c27-17-9-15(11-1-5-13(31)6-2-11)23(29)21-19(17)25(33)20-18(28)10-16(24(30)22(20)26(21)34)12-3-7-14(32)8-4-12/h1-10,31-32H,27-30H2. The van der Waals surface area contributed by atoms with Gasteiger partial charge in [-0.1, -0.05) is 24.3 Å². The van der Waals surface area contributed by atoms with Crippen LogP contribution in [0.1, 0.15) is 31.8 Å². The van der Waals surface area contributed by atoms with Crippen LogP contribution in [0, 0.1) is 0 Å². The zero-order valence-electron chi connectivity index (χ0n) is 17.8. The summed E-state index contributed by atoms with van der Waals surface area (Å²) >= 11 is 0. The highest BCUT2D eigenvalue weighted by atomic mass is 16.3. The minimum absolute atomic E-state index is 0.0130. The highest BCUT2D eigenvalue weighted by Gasteiger charge is 2.38. The Morgan fingerprint density at radius 1 is 0.500 bits per heavy atom. The molecule has 1 aliphatic rings. The Balaban J connectivity index is 1.77. The molecule has 0 radical (unpaired) electrons. The average molecular weight is 452 g/mol. The molecule has 8 nitrogen and oxygen atoms in total. The van der Waals surface area contributed by atoms with E-state index >= 15 is 0 Å². The zero-order valence-corrected chi connectivity index (χ0v) is 17.8. The maximum absolute atomic E-state index is 13.8. The summed E-state index contributed by atoms with van der Waals surface area (Å²) in [4.78, 5) is 27.3. The summed E-state index contributed by atoms with van der Waals surface area (Å²) in [7, 11) is 0. The van der Waals surface area contributed by atoms with Crippen LogP contribution in [-0.4, -0.2) is 21.8 Å². The number of nitrogens with two attached hydrogens (primary N) is 4. The first kappa shape index (κ1) is 20.9. The number of benzene rings is 4. The van der Waals surface area contributed by atoms with E-state index in [0.717, 1.165) is 0 Å². The Labute approximate surface area is 194 Å². The van der Waals surface area contributed by atoms with Crippen LogP contribution < -0.4 is 22.9 Å². The molecule has 0 amide bonds. The number of phenolic OH excluding ortho intramolecular Hbond substituents is 2. The summed E-state index contributed by atoms with van der Waals surface area (Å²) < 4.78 is 0. The lowest BCUT2D eigenvalue weighted by atomic mass is 9.78. The summed E-state index contributed by atoms with van der Waals surface area (Å²) in [5, 5.41) is 19.2. The molecule has 0 unspecified atom stereocenters. The van der Waals surface area contributed by atoms with Crippen molar-refractivity contribution in [2.45, 2.75) is 0 Å². The van der Waals surface area contributed by atoms with Gasteiger partial charge < -0.3 is 33.1 Å². The Morgan fingerprint density at radius 2 is 0.824 bits per heavy atom. The number of aromatic hydroxyl groups is 2. The van der Waals surface area contributed by atoms with Crippen LogP contribution >= 0.6 is 0 Å². The van der Waals surface area contributed by atoms with Crippen molar-refractivity contribution in [2.24, 2.45) is 0 Å². The summed E-state index contributed by atoms with van der Waals surface area (Å²) in [6, 6.07) is 15.5. The lowest BCUT2D eigenvalue weighted by Crippen LogP contribution is -2.27. The van der Waals surface area contributed by atoms with Crippen LogP contribution in [-0.2, 0) is 0 Å². The molecule has 0 saturated heterocycles. The van der Waals surface area contributed by atoms with E-state index in [1.165, 1.54) is 36.4 Å². The van der Waals surface area contributed by atoms with Crippen LogP contribution in [0.25, 0.3) is 22.3 Å². The molecule has 34 heavy (non-hydrogen) atoms. The largest absolute Gasteiger partial charge is 0.508 e. The maximum Gasteiger partial charge on any atom is 0.198 e. The van der Waals surface area contributed by atoms with Crippen LogP contribution in [0.2, 0.25) is 0 Å². The van der Waals surface area contributed by atoms with Crippen molar-refractivity contribution in [3.05, 3.63) is 82.9 Å². The Morgan fingerprint density at radius 3 is 1.18 bits per heavy atom. The number of phenols is 2. The fourth-order valence-corrected chi connectivity index (χ4v) is 4.41. The lowest BCUT2D eigenvalue weighted by Gasteiger charge is -2.25. The van der Waals surface area contributed by atoms with Gasteiger partial charge in [-0.15, -0.1) is 0 Å². The smallest absolute Gasteiger partial charge is 0.198 e. The van der Waals surface area contributed by atoms with Gasteiger partial charge in [0.05, 0.1) is 33.6 Å². The van der Waals surface area contributed by atoms with E-state index in [-0.39, 0.29) is 56.5 Å². The minimum Gasteiger partial charge on any atom is -0.508 e. The molecular weight excluding hydrogens is 432 g/mol. The molecule has 0 heterocycles. The van der Waals surface area contributed by atoms with Crippen molar-refractivity contribution >= 4 is 34.3 Å². The topological polar surface area (TPSA) is 179 Å². The van der Waals surface area contributed by atoms with E-state index < -0.39 is 11.6 Å². The first-order valence-electron chi connectivity index (χ1n) is 10.3. The number of anilines is 4. The fourth-order valence-electron chi connectivity index (χ4n) is 4.41. The number of hydrogen-bond donors (Lipinski definition) is 6. The Bertz CT molecular complexity index is 1410. The van der Waals surface area contributed by atoms with E-state index in [1.54, 1.807) is 24.3 Å². The van der Waals surface area contributed by atoms with Crippen molar-refractivity contribution < 1.29 is 19.8 Å². The quantitative estimate of drug-likeness (QED) is 0.220. The van der Waals surface area contributed by atoms with E-state index in [0.29, 0.717) is 22.3 Å². The Hall–Kier alpha value is -4.98. The van der Waals surface area contributed by atoms with Crippen molar-refractivity contribution in [1.29, 1.82) is 0 Å². The first-order valence-corrected chi connectivity index (χ1v) is 10.3. The van der Waals surface area contributed by atoms with Gasteiger partial charge in [-0.05, 0) is 47.5 Å². The van der Waals surface area contributed by atoms with E-state index in [4.69, 9.17) is 22.9 Å². The second-order valence-corrected chi connectivity index (χ2v) is 8.11. The summed E-state index contributed by atoms with van der Waals surface area (Å²) in [6.45, 7) is 0. The van der Waals surface area contributed by atoms with Crippen molar-refractivity contribution in [1.82, 2.24) is 0 Å². The minimum atomic E-state index is -0.556. The van der Waals surface area contributed by atoms with Crippen molar-refractivity contribution in [3.63, 3.8) is 0 Å². The summed E-state index contributed by atoms with van der Waals surface area (Å²) in [5.74, 6) is -0.955. The molecule has 0 aromatic heterocycles. The number of hydrogen-bond acceptors (Lipinski definition) is 8. The zero-order chi connectivity index (χ0) is 24.3. The third kappa shape index (κ3) is 2.93. The van der Waals surface area contributed by atoms with Crippen LogP contribution in [0.5, 0.6) is 11.5 Å². The average Bonchev–Trinajstić information content (AvgIpc) is 2.81. The van der Waals surface area contributed by atoms with Gasteiger partial charge in [0, 0.05) is 22.5 Å². The normalized spacial score (nSPS) is 12.4.